The van der Waals surface area contributed by atoms with Crippen molar-refractivity contribution < 1.29 is 0 Å². The zero-order chi connectivity index (χ0) is 10.8. The van der Waals surface area contributed by atoms with E-state index in [1.54, 1.807) is 0 Å². The van der Waals surface area contributed by atoms with Gasteiger partial charge in [-0.15, -0.1) is 0 Å². The highest BCUT2D eigenvalue weighted by atomic mass is 15.2. The monoisotopic (exact) mass is 201 g/mol. The molecule has 3 nitrogen and oxygen atoms in total. The van der Waals surface area contributed by atoms with Crippen molar-refractivity contribution in [3.63, 3.8) is 0 Å². The van der Waals surface area contributed by atoms with Crippen LogP contribution in [0.4, 0.5) is 5.82 Å². The maximum absolute atomic E-state index is 4.51. The van der Waals surface area contributed by atoms with Crippen molar-refractivity contribution in [2.75, 3.05) is 11.4 Å². The lowest BCUT2D eigenvalue weighted by Gasteiger charge is -2.21. The molecule has 0 unspecified atom stereocenters. The summed E-state index contributed by atoms with van der Waals surface area (Å²) >= 11 is 0. The minimum absolute atomic E-state index is 0.799. The molecule has 0 amide bonds. The second kappa shape index (κ2) is 3.85. The van der Waals surface area contributed by atoms with Crippen LogP contribution in [0.3, 0.4) is 0 Å². The summed E-state index contributed by atoms with van der Waals surface area (Å²) in [6.07, 6.45) is 3.94. The lowest BCUT2D eigenvalue weighted by molar-refractivity contribution is 1.01. The molecule has 0 atom stereocenters. The molecule has 1 aliphatic heterocycles. The molecule has 1 aromatic rings. The number of hydrogen-bond donors (Lipinski definition) is 0. The van der Waals surface area contributed by atoms with Crippen molar-refractivity contribution in [3.05, 3.63) is 35.3 Å². The Morgan fingerprint density at radius 1 is 1.20 bits per heavy atom. The molecule has 0 radical (unpaired) electrons. The molecular formula is C12H15N3. The zero-order valence-electron chi connectivity index (χ0n) is 9.36. The van der Waals surface area contributed by atoms with Gasteiger partial charge in [0.15, 0.2) is 0 Å². The van der Waals surface area contributed by atoms with Gasteiger partial charge in [-0.25, -0.2) is 4.98 Å². The molecule has 0 fully saturated rings. The van der Waals surface area contributed by atoms with E-state index in [0.717, 1.165) is 23.8 Å². The molecule has 0 N–H and O–H groups in total. The molecule has 1 aliphatic rings. The Balaban J connectivity index is 2.34. The predicted molar refractivity (Wildman–Crippen MR) is 63.3 cm³/mol. The van der Waals surface area contributed by atoms with Crippen LogP contribution < -0.4 is 4.90 Å². The van der Waals surface area contributed by atoms with Crippen LogP contribution in [0.1, 0.15) is 18.2 Å². The largest absolute Gasteiger partial charge is 0.326 e. The average Bonchev–Trinajstić information content (AvgIpc) is 2.16. The number of nitrogens with zero attached hydrogens (tertiary/aromatic N) is 3. The Morgan fingerprint density at radius 3 is 2.67 bits per heavy atom. The summed E-state index contributed by atoms with van der Waals surface area (Å²) in [5.41, 5.74) is 3.31. The third kappa shape index (κ3) is 2.24. The minimum atomic E-state index is 0.799. The molecule has 0 saturated carbocycles. The van der Waals surface area contributed by atoms with E-state index in [4.69, 9.17) is 0 Å². The van der Waals surface area contributed by atoms with Crippen LogP contribution in [0.15, 0.2) is 29.0 Å². The highest BCUT2D eigenvalue weighted by molar-refractivity contribution is 5.69. The van der Waals surface area contributed by atoms with Gasteiger partial charge in [0, 0.05) is 18.1 Å². The summed E-state index contributed by atoms with van der Waals surface area (Å²) in [6.45, 7) is 6.90. The Labute approximate surface area is 90.2 Å². The number of anilines is 1. The van der Waals surface area contributed by atoms with Crippen molar-refractivity contribution >= 4 is 12.0 Å². The molecule has 0 aliphatic carbocycles. The maximum Gasteiger partial charge on any atom is 0.133 e. The van der Waals surface area contributed by atoms with Gasteiger partial charge in [0.1, 0.15) is 5.82 Å². The third-order valence-electron chi connectivity index (χ3n) is 2.29. The van der Waals surface area contributed by atoms with Crippen LogP contribution in [0.5, 0.6) is 0 Å². The normalized spacial score (nSPS) is 15.4. The molecule has 78 valence electrons. The molecule has 3 heteroatoms. The van der Waals surface area contributed by atoms with Gasteiger partial charge in [0.2, 0.25) is 0 Å². The summed E-state index contributed by atoms with van der Waals surface area (Å²) < 4.78 is 0. The fraction of sp³-hybridized carbons (Fsp3) is 0.333. The van der Waals surface area contributed by atoms with Gasteiger partial charge in [-0.05, 0) is 38.5 Å². The minimum Gasteiger partial charge on any atom is -0.326 e. The van der Waals surface area contributed by atoms with Crippen molar-refractivity contribution in [1.82, 2.24) is 4.98 Å². The van der Waals surface area contributed by atoms with E-state index in [0.29, 0.717) is 0 Å². The molecule has 15 heavy (non-hydrogen) atoms. The molecule has 1 aromatic heterocycles. The fourth-order valence-corrected chi connectivity index (χ4v) is 1.71. The summed E-state index contributed by atoms with van der Waals surface area (Å²) in [5.74, 6) is 0.998. The van der Waals surface area contributed by atoms with Crippen LogP contribution in [0, 0.1) is 13.8 Å². The highest BCUT2D eigenvalue weighted by Crippen LogP contribution is 2.17. The van der Waals surface area contributed by atoms with E-state index >= 15 is 0 Å². The second-order valence-corrected chi connectivity index (χ2v) is 3.88. The molecule has 0 spiro atoms. The van der Waals surface area contributed by atoms with Gasteiger partial charge < -0.3 is 4.90 Å². The van der Waals surface area contributed by atoms with Crippen LogP contribution in [-0.4, -0.2) is 17.7 Å². The molecule has 0 saturated heterocycles. The van der Waals surface area contributed by atoms with Crippen molar-refractivity contribution in [3.8, 4) is 0 Å². The zero-order valence-corrected chi connectivity index (χ0v) is 9.36. The first-order chi connectivity index (χ1) is 7.15. The molecular weight excluding hydrogens is 186 g/mol. The molecule has 2 rings (SSSR count). The first kappa shape index (κ1) is 9.90. The van der Waals surface area contributed by atoms with Crippen molar-refractivity contribution in [1.29, 1.82) is 0 Å². The van der Waals surface area contributed by atoms with E-state index < -0.39 is 0 Å². The second-order valence-electron chi connectivity index (χ2n) is 3.88. The number of hydrogen-bond acceptors (Lipinski definition) is 3. The standard InChI is InChI=1S/C12H15N3/c1-9-6-10(2)14-12(7-9)15-5-4-13-11(3)8-15/h4,6-8H,5H2,1-3H3. The Morgan fingerprint density at radius 2 is 2.00 bits per heavy atom. The summed E-state index contributed by atoms with van der Waals surface area (Å²) in [6, 6.07) is 4.17. The molecule has 0 aromatic carbocycles. The summed E-state index contributed by atoms with van der Waals surface area (Å²) in [7, 11) is 0. The predicted octanol–water partition coefficient (Wildman–Crippen LogP) is 2.45. The van der Waals surface area contributed by atoms with Gasteiger partial charge in [-0.3, -0.25) is 4.99 Å². The van der Waals surface area contributed by atoms with Crippen molar-refractivity contribution in [2.45, 2.75) is 20.8 Å². The average molecular weight is 201 g/mol. The first-order valence-corrected chi connectivity index (χ1v) is 5.08. The fourth-order valence-electron chi connectivity index (χ4n) is 1.71. The summed E-state index contributed by atoms with van der Waals surface area (Å²) in [4.78, 5) is 10.8. The van der Waals surface area contributed by atoms with E-state index in [1.807, 2.05) is 26.3 Å². The number of pyridine rings is 1. The first-order valence-electron chi connectivity index (χ1n) is 5.08. The number of aryl methyl sites for hydroxylation is 2. The van der Waals surface area contributed by atoms with E-state index in [-0.39, 0.29) is 0 Å². The van der Waals surface area contributed by atoms with Crippen LogP contribution in [0.25, 0.3) is 0 Å². The van der Waals surface area contributed by atoms with Crippen LogP contribution >= 0.6 is 0 Å². The van der Waals surface area contributed by atoms with Crippen LogP contribution in [-0.2, 0) is 0 Å². The van der Waals surface area contributed by atoms with Gasteiger partial charge in [0.05, 0.1) is 12.2 Å². The van der Waals surface area contributed by atoms with E-state index in [9.17, 15) is 0 Å². The number of aromatic nitrogens is 1. The lowest BCUT2D eigenvalue weighted by atomic mass is 10.2. The van der Waals surface area contributed by atoms with Gasteiger partial charge >= 0.3 is 0 Å². The van der Waals surface area contributed by atoms with Gasteiger partial charge in [-0.2, -0.15) is 0 Å². The Bertz CT molecular complexity index is 412. The topological polar surface area (TPSA) is 28.5 Å². The Kier molecular flexibility index (Phi) is 2.54. The number of allylic oxidation sites excluding steroid dienone is 1. The van der Waals surface area contributed by atoms with E-state index in [1.165, 1.54) is 5.56 Å². The molecule has 2 heterocycles. The van der Waals surface area contributed by atoms with Gasteiger partial charge in [-0.1, -0.05) is 0 Å². The lowest BCUT2D eigenvalue weighted by Crippen LogP contribution is -2.23. The third-order valence-corrected chi connectivity index (χ3v) is 2.29. The van der Waals surface area contributed by atoms with E-state index in [2.05, 4.69) is 33.9 Å². The van der Waals surface area contributed by atoms with Gasteiger partial charge in [0.25, 0.3) is 0 Å². The highest BCUT2D eigenvalue weighted by Gasteiger charge is 2.08. The smallest absolute Gasteiger partial charge is 0.133 e. The Hall–Kier alpha value is -1.64. The quantitative estimate of drug-likeness (QED) is 0.698. The molecule has 0 bridgehead atoms. The summed E-state index contributed by atoms with van der Waals surface area (Å²) in [5, 5.41) is 0. The van der Waals surface area contributed by atoms with Crippen LogP contribution in [0.2, 0.25) is 0 Å². The number of rotatable bonds is 1. The SMILES string of the molecule is CC1=CN(c2cc(C)cc(C)n2)CC=N1. The number of aliphatic imine (C=N–C) groups is 1. The maximum atomic E-state index is 4.51. The van der Waals surface area contributed by atoms with Crippen molar-refractivity contribution in [2.24, 2.45) is 4.99 Å².